The molecule has 0 amide bonds. The van der Waals surface area contributed by atoms with Gasteiger partial charge in [-0.25, -0.2) is 5.84 Å². The molecule has 1 heterocycles. The van der Waals surface area contributed by atoms with Crippen molar-refractivity contribution in [3.63, 3.8) is 0 Å². The van der Waals surface area contributed by atoms with Gasteiger partial charge in [0.15, 0.2) is 0 Å². The third-order valence-electron chi connectivity index (χ3n) is 2.19. The highest BCUT2D eigenvalue weighted by molar-refractivity contribution is 5.79. The van der Waals surface area contributed by atoms with Gasteiger partial charge in [-0.15, -0.1) is 0 Å². The Bertz CT molecular complexity index is 179. The molecule has 1 aliphatic heterocycles. The summed E-state index contributed by atoms with van der Waals surface area (Å²) in [6.07, 6.45) is 1.15. The number of nitrogens with zero attached hydrogens (tertiary/aromatic N) is 2. The van der Waals surface area contributed by atoms with Crippen molar-refractivity contribution in [3.8, 4) is 0 Å². The fraction of sp³-hybridized carbons (Fsp3) is 0.875. The molecule has 5 heteroatoms. The van der Waals surface area contributed by atoms with E-state index in [0.717, 1.165) is 26.1 Å². The summed E-state index contributed by atoms with van der Waals surface area (Å²) in [5, 5.41) is 3.27. The molecule has 0 radical (unpaired) electrons. The number of likely N-dealkylation sites (N-methyl/N-ethyl adjacent to an activating group) is 1. The van der Waals surface area contributed by atoms with Crippen molar-refractivity contribution >= 4 is 5.96 Å². The zero-order valence-electron chi connectivity index (χ0n) is 8.38. The largest absolute Gasteiger partial charge is 0.351 e. The van der Waals surface area contributed by atoms with Crippen molar-refractivity contribution in [1.82, 2.24) is 15.6 Å². The molecule has 5 nitrogen and oxygen atoms in total. The topological polar surface area (TPSA) is 65.7 Å². The molecule has 4 N–H and O–H groups in total. The fourth-order valence-corrected chi connectivity index (χ4v) is 1.54. The van der Waals surface area contributed by atoms with Gasteiger partial charge in [-0.05, 0) is 26.9 Å². The minimum Gasteiger partial charge on any atom is -0.351 e. The first-order chi connectivity index (χ1) is 6.26. The second kappa shape index (κ2) is 5.04. The highest BCUT2D eigenvalue weighted by atomic mass is 15.3. The van der Waals surface area contributed by atoms with E-state index in [1.807, 2.05) is 6.92 Å². The number of hydrogen-bond acceptors (Lipinski definition) is 3. The number of nitrogens with one attached hydrogen (secondary N) is 2. The van der Waals surface area contributed by atoms with Gasteiger partial charge in [0.2, 0.25) is 5.96 Å². The Hall–Kier alpha value is -0.810. The molecule has 0 aromatic rings. The quantitative estimate of drug-likeness (QED) is 0.226. The van der Waals surface area contributed by atoms with E-state index in [1.165, 1.54) is 0 Å². The van der Waals surface area contributed by atoms with Gasteiger partial charge in [0, 0.05) is 19.1 Å². The lowest BCUT2D eigenvalue weighted by atomic mass is 10.3. The molecule has 0 bridgehead atoms. The molecule has 1 rings (SSSR count). The van der Waals surface area contributed by atoms with Crippen molar-refractivity contribution in [1.29, 1.82) is 0 Å². The molecule has 1 fully saturated rings. The van der Waals surface area contributed by atoms with Crippen LogP contribution in [-0.4, -0.2) is 43.6 Å². The van der Waals surface area contributed by atoms with Gasteiger partial charge >= 0.3 is 0 Å². The van der Waals surface area contributed by atoms with Crippen molar-refractivity contribution in [2.45, 2.75) is 19.4 Å². The van der Waals surface area contributed by atoms with Crippen LogP contribution in [0.2, 0.25) is 0 Å². The van der Waals surface area contributed by atoms with Crippen LogP contribution in [0.3, 0.4) is 0 Å². The molecular weight excluding hydrogens is 166 g/mol. The lowest BCUT2D eigenvalue weighted by Gasteiger charge is -2.15. The Morgan fingerprint density at radius 1 is 1.69 bits per heavy atom. The Labute approximate surface area is 79.4 Å². The number of guanidine groups is 1. The van der Waals surface area contributed by atoms with Gasteiger partial charge in [-0.2, -0.15) is 0 Å². The Morgan fingerprint density at radius 2 is 2.46 bits per heavy atom. The Balaban J connectivity index is 2.34. The van der Waals surface area contributed by atoms with Crippen LogP contribution >= 0.6 is 0 Å². The smallest absolute Gasteiger partial charge is 0.205 e. The van der Waals surface area contributed by atoms with Crippen LogP contribution in [0.15, 0.2) is 4.99 Å². The summed E-state index contributed by atoms with van der Waals surface area (Å²) in [6, 6.07) is 0.478. The van der Waals surface area contributed by atoms with Crippen LogP contribution < -0.4 is 16.6 Å². The second-order valence-corrected chi connectivity index (χ2v) is 3.36. The first-order valence-electron chi connectivity index (χ1n) is 4.72. The molecular formula is C8H19N5. The van der Waals surface area contributed by atoms with E-state index < -0.39 is 0 Å². The maximum atomic E-state index is 5.31. The number of aliphatic imine (C=N–C) groups is 1. The molecule has 0 aromatic carbocycles. The van der Waals surface area contributed by atoms with Crippen molar-refractivity contribution in [2.75, 3.05) is 26.7 Å². The van der Waals surface area contributed by atoms with Crippen LogP contribution in [0.1, 0.15) is 13.3 Å². The first kappa shape index (κ1) is 10.3. The third-order valence-corrected chi connectivity index (χ3v) is 2.19. The minimum absolute atomic E-state index is 0.478. The van der Waals surface area contributed by atoms with E-state index >= 15 is 0 Å². The Kier molecular flexibility index (Phi) is 3.98. The summed E-state index contributed by atoms with van der Waals surface area (Å²) in [7, 11) is 2.12. The molecule has 13 heavy (non-hydrogen) atoms. The van der Waals surface area contributed by atoms with Crippen LogP contribution in [0, 0.1) is 0 Å². The summed E-state index contributed by atoms with van der Waals surface area (Å²) in [6.45, 7) is 4.93. The predicted octanol–water partition coefficient (Wildman–Crippen LogP) is -0.881. The van der Waals surface area contributed by atoms with Crippen LogP contribution in [0.4, 0.5) is 0 Å². The zero-order chi connectivity index (χ0) is 9.68. The normalized spacial score (nSPS) is 24.8. The lowest BCUT2D eigenvalue weighted by Crippen LogP contribution is -2.47. The van der Waals surface area contributed by atoms with E-state index in [9.17, 15) is 0 Å². The molecule has 0 aliphatic carbocycles. The highest BCUT2D eigenvalue weighted by Crippen LogP contribution is 2.05. The standard InChI is InChI=1S/C8H19N5/c1-3-10-8(12-9)11-7-4-5-13(2)6-7/h7H,3-6,9H2,1-2H3,(H2,10,11,12). The summed E-state index contributed by atoms with van der Waals surface area (Å²) >= 11 is 0. The molecule has 0 spiro atoms. The van der Waals surface area contributed by atoms with Gasteiger partial charge in [0.25, 0.3) is 0 Å². The van der Waals surface area contributed by atoms with E-state index in [1.54, 1.807) is 0 Å². The predicted molar refractivity (Wildman–Crippen MR) is 54.3 cm³/mol. The van der Waals surface area contributed by atoms with Gasteiger partial charge in [0.05, 0.1) is 0 Å². The molecule has 1 aliphatic rings. The van der Waals surface area contributed by atoms with E-state index in [2.05, 4.69) is 27.7 Å². The molecule has 1 saturated heterocycles. The maximum absolute atomic E-state index is 5.31. The van der Waals surface area contributed by atoms with Gasteiger partial charge in [-0.3, -0.25) is 10.4 Å². The number of hydrazine groups is 1. The molecule has 1 atom stereocenters. The van der Waals surface area contributed by atoms with E-state index in [0.29, 0.717) is 12.0 Å². The van der Waals surface area contributed by atoms with E-state index in [4.69, 9.17) is 5.84 Å². The number of likely N-dealkylation sites (tertiary alicyclic amines) is 1. The zero-order valence-corrected chi connectivity index (χ0v) is 8.38. The SMILES string of the molecule is CCN=C(NN)NC1CCN(C)C1. The van der Waals surface area contributed by atoms with Crippen LogP contribution in [-0.2, 0) is 0 Å². The van der Waals surface area contributed by atoms with E-state index in [-0.39, 0.29) is 0 Å². The summed E-state index contributed by atoms with van der Waals surface area (Å²) in [5.41, 5.74) is 2.57. The maximum Gasteiger partial charge on any atom is 0.205 e. The van der Waals surface area contributed by atoms with Crippen molar-refractivity contribution < 1.29 is 0 Å². The van der Waals surface area contributed by atoms with Crippen molar-refractivity contribution in [3.05, 3.63) is 0 Å². The second-order valence-electron chi connectivity index (χ2n) is 3.36. The average molecular weight is 185 g/mol. The monoisotopic (exact) mass is 185 g/mol. The summed E-state index contributed by atoms with van der Waals surface area (Å²) in [4.78, 5) is 6.47. The summed E-state index contributed by atoms with van der Waals surface area (Å²) in [5.74, 6) is 6.01. The molecule has 76 valence electrons. The average Bonchev–Trinajstić information content (AvgIpc) is 2.50. The number of rotatable bonds is 2. The van der Waals surface area contributed by atoms with Crippen LogP contribution in [0.5, 0.6) is 0 Å². The van der Waals surface area contributed by atoms with Crippen LogP contribution in [0.25, 0.3) is 0 Å². The first-order valence-corrected chi connectivity index (χ1v) is 4.72. The lowest BCUT2D eigenvalue weighted by molar-refractivity contribution is 0.406. The third kappa shape index (κ3) is 3.20. The van der Waals surface area contributed by atoms with Crippen molar-refractivity contribution in [2.24, 2.45) is 10.8 Å². The molecule has 0 aromatic heterocycles. The van der Waals surface area contributed by atoms with Gasteiger partial charge in [-0.1, -0.05) is 0 Å². The Morgan fingerprint density at radius 3 is 2.92 bits per heavy atom. The number of hydrogen-bond donors (Lipinski definition) is 3. The minimum atomic E-state index is 0.478. The highest BCUT2D eigenvalue weighted by Gasteiger charge is 2.19. The summed E-state index contributed by atoms with van der Waals surface area (Å²) < 4.78 is 0. The molecule has 1 unspecified atom stereocenters. The molecule has 0 saturated carbocycles. The van der Waals surface area contributed by atoms with Gasteiger partial charge in [0.1, 0.15) is 0 Å². The fourth-order valence-electron chi connectivity index (χ4n) is 1.54. The number of nitrogens with two attached hydrogens (primary N) is 1. The van der Waals surface area contributed by atoms with Gasteiger partial charge < -0.3 is 10.2 Å².